The van der Waals surface area contributed by atoms with E-state index >= 15 is 0 Å². The first-order chi connectivity index (χ1) is 12.0. The molecule has 0 spiro atoms. The highest BCUT2D eigenvalue weighted by molar-refractivity contribution is 6.30. The number of likely N-dealkylation sites (tertiary alicyclic amines) is 1. The van der Waals surface area contributed by atoms with Crippen molar-refractivity contribution in [3.05, 3.63) is 29.3 Å². The Hall–Kier alpha value is -1.79. The molecule has 2 N–H and O–H groups in total. The Morgan fingerprint density at radius 2 is 1.96 bits per heavy atom. The third-order valence-corrected chi connectivity index (χ3v) is 5.27. The quantitative estimate of drug-likeness (QED) is 0.847. The Morgan fingerprint density at radius 1 is 1.28 bits per heavy atom. The Bertz CT molecular complexity index is 629. The molecule has 6 nitrogen and oxygen atoms in total. The van der Waals surface area contributed by atoms with Gasteiger partial charge >= 0.3 is 0 Å². The van der Waals surface area contributed by atoms with Gasteiger partial charge in [0.05, 0.1) is 5.92 Å². The number of rotatable bonds is 4. The van der Waals surface area contributed by atoms with E-state index in [1.165, 1.54) is 0 Å². The number of hydrogen-bond donors (Lipinski definition) is 2. The lowest BCUT2D eigenvalue weighted by Crippen LogP contribution is -2.57. The minimum Gasteiger partial charge on any atom is -0.477 e. The van der Waals surface area contributed by atoms with Crippen LogP contribution >= 0.6 is 11.6 Å². The highest BCUT2D eigenvalue weighted by Crippen LogP contribution is 2.31. The van der Waals surface area contributed by atoms with Gasteiger partial charge in [0.1, 0.15) is 5.75 Å². The number of carbonyl (C=O) groups is 2. The molecule has 0 unspecified atom stereocenters. The molecule has 2 fully saturated rings. The first-order valence-electron chi connectivity index (χ1n) is 8.70. The van der Waals surface area contributed by atoms with Crippen molar-refractivity contribution < 1.29 is 14.3 Å². The molecular weight excluding hydrogens is 342 g/mol. The summed E-state index contributed by atoms with van der Waals surface area (Å²) in [7, 11) is 1.63. The fourth-order valence-corrected chi connectivity index (χ4v) is 3.70. The topological polar surface area (TPSA) is 70.7 Å². The zero-order valence-electron chi connectivity index (χ0n) is 14.4. The van der Waals surface area contributed by atoms with Crippen LogP contribution in [0, 0.1) is 5.92 Å². The van der Waals surface area contributed by atoms with Crippen LogP contribution < -0.4 is 15.4 Å². The predicted molar refractivity (Wildman–Crippen MR) is 95.7 cm³/mol. The molecule has 0 bridgehead atoms. The van der Waals surface area contributed by atoms with Crippen molar-refractivity contribution in [3.8, 4) is 5.75 Å². The number of halogens is 1. The average Bonchev–Trinajstić information content (AvgIpc) is 3.13. The summed E-state index contributed by atoms with van der Waals surface area (Å²) in [5.74, 6) is 0.480. The van der Waals surface area contributed by atoms with Crippen LogP contribution in [0.5, 0.6) is 5.75 Å². The lowest BCUT2D eigenvalue weighted by Gasteiger charge is -2.39. The molecule has 2 aliphatic rings. The van der Waals surface area contributed by atoms with E-state index in [4.69, 9.17) is 16.3 Å². The number of nitrogens with one attached hydrogen (secondary N) is 2. The van der Waals surface area contributed by atoms with Gasteiger partial charge in [0, 0.05) is 38.0 Å². The number of benzene rings is 1. The molecule has 2 amide bonds. The van der Waals surface area contributed by atoms with Gasteiger partial charge in [0.25, 0.3) is 5.91 Å². The lowest BCUT2D eigenvalue weighted by molar-refractivity contribution is -0.149. The van der Waals surface area contributed by atoms with E-state index in [-0.39, 0.29) is 17.7 Å². The van der Waals surface area contributed by atoms with Crippen molar-refractivity contribution in [2.24, 2.45) is 5.92 Å². The number of nitrogens with zero attached hydrogens (tertiary/aromatic N) is 1. The summed E-state index contributed by atoms with van der Waals surface area (Å²) in [4.78, 5) is 26.9. The van der Waals surface area contributed by atoms with Crippen molar-refractivity contribution in [2.45, 2.75) is 24.9 Å². The van der Waals surface area contributed by atoms with Gasteiger partial charge in [-0.1, -0.05) is 11.6 Å². The van der Waals surface area contributed by atoms with Gasteiger partial charge < -0.3 is 20.3 Å². The molecule has 0 aliphatic carbocycles. The molecule has 3 rings (SSSR count). The van der Waals surface area contributed by atoms with Crippen molar-refractivity contribution in [2.75, 3.05) is 33.2 Å². The maximum atomic E-state index is 13.3. The monoisotopic (exact) mass is 365 g/mol. The second-order valence-electron chi connectivity index (χ2n) is 6.65. The SMILES string of the molecule is CNC(=O)[C@@H]1CCN(C(=O)C2(Oc3ccc(Cl)cc3)CCNCC2)C1. The molecule has 2 heterocycles. The van der Waals surface area contributed by atoms with Crippen LogP contribution in [0.3, 0.4) is 0 Å². The number of amides is 2. The number of piperidine rings is 1. The minimum absolute atomic E-state index is 0.00622. The smallest absolute Gasteiger partial charge is 0.266 e. The van der Waals surface area contributed by atoms with E-state index in [2.05, 4.69) is 10.6 Å². The van der Waals surface area contributed by atoms with Gasteiger partial charge in [-0.25, -0.2) is 0 Å². The molecule has 1 atom stereocenters. The van der Waals surface area contributed by atoms with Crippen molar-refractivity contribution in [1.29, 1.82) is 0 Å². The van der Waals surface area contributed by atoms with Gasteiger partial charge in [-0.2, -0.15) is 0 Å². The van der Waals surface area contributed by atoms with Crippen LogP contribution in [-0.2, 0) is 9.59 Å². The normalized spacial score (nSPS) is 22.5. The second-order valence-corrected chi connectivity index (χ2v) is 7.09. The van der Waals surface area contributed by atoms with Crippen molar-refractivity contribution in [3.63, 3.8) is 0 Å². The summed E-state index contributed by atoms with van der Waals surface area (Å²) in [5.41, 5.74) is -0.878. The summed E-state index contributed by atoms with van der Waals surface area (Å²) < 4.78 is 6.20. The summed E-state index contributed by atoms with van der Waals surface area (Å²) in [6, 6.07) is 7.09. The first-order valence-corrected chi connectivity index (χ1v) is 9.08. The highest BCUT2D eigenvalue weighted by atomic mass is 35.5. The van der Waals surface area contributed by atoms with Crippen LogP contribution in [0.15, 0.2) is 24.3 Å². The summed E-state index contributed by atoms with van der Waals surface area (Å²) >= 11 is 5.94. The number of hydrogen-bond acceptors (Lipinski definition) is 4. The molecule has 7 heteroatoms. The Balaban J connectivity index is 1.77. The van der Waals surface area contributed by atoms with Gasteiger partial charge in [-0.05, 0) is 43.8 Å². The Morgan fingerprint density at radius 3 is 2.60 bits per heavy atom. The van der Waals surface area contributed by atoms with Crippen LogP contribution in [0.25, 0.3) is 0 Å². The minimum atomic E-state index is -0.878. The molecule has 136 valence electrons. The van der Waals surface area contributed by atoms with Crippen molar-refractivity contribution in [1.82, 2.24) is 15.5 Å². The number of ether oxygens (including phenoxy) is 1. The van der Waals surface area contributed by atoms with Crippen LogP contribution in [0.1, 0.15) is 19.3 Å². The van der Waals surface area contributed by atoms with E-state index < -0.39 is 5.60 Å². The van der Waals surface area contributed by atoms with Crippen LogP contribution in [0.2, 0.25) is 5.02 Å². The van der Waals surface area contributed by atoms with Gasteiger partial charge in [0.2, 0.25) is 5.91 Å². The highest BCUT2D eigenvalue weighted by Gasteiger charge is 2.46. The fourth-order valence-electron chi connectivity index (χ4n) is 3.57. The van der Waals surface area contributed by atoms with Crippen LogP contribution in [-0.4, -0.2) is 55.5 Å². The molecule has 2 aliphatic heterocycles. The fraction of sp³-hybridized carbons (Fsp3) is 0.556. The van der Waals surface area contributed by atoms with E-state index in [0.717, 1.165) is 13.1 Å². The Kier molecular flexibility index (Phi) is 5.49. The molecular formula is C18H24ClN3O3. The van der Waals surface area contributed by atoms with E-state index in [9.17, 15) is 9.59 Å². The van der Waals surface area contributed by atoms with Gasteiger partial charge in [-0.3, -0.25) is 9.59 Å². The van der Waals surface area contributed by atoms with E-state index in [0.29, 0.717) is 43.1 Å². The molecule has 2 saturated heterocycles. The maximum absolute atomic E-state index is 13.3. The third-order valence-electron chi connectivity index (χ3n) is 5.02. The predicted octanol–water partition coefficient (Wildman–Crippen LogP) is 1.44. The molecule has 0 saturated carbocycles. The summed E-state index contributed by atoms with van der Waals surface area (Å²) in [6.07, 6.45) is 1.91. The Labute approximate surface area is 152 Å². The lowest BCUT2D eigenvalue weighted by atomic mass is 9.90. The molecule has 0 aromatic heterocycles. The van der Waals surface area contributed by atoms with Crippen LogP contribution in [0.4, 0.5) is 0 Å². The zero-order valence-corrected chi connectivity index (χ0v) is 15.1. The van der Waals surface area contributed by atoms with Gasteiger partial charge in [-0.15, -0.1) is 0 Å². The van der Waals surface area contributed by atoms with E-state index in [1.807, 2.05) is 0 Å². The number of carbonyl (C=O) groups excluding carboxylic acids is 2. The molecule has 1 aromatic rings. The largest absolute Gasteiger partial charge is 0.477 e. The van der Waals surface area contributed by atoms with Crippen molar-refractivity contribution >= 4 is 23.4 Å². The van der Waals surface area contributed by atoms with Gasteiger partial charge in [0.15, 0.2) is 5.60 Å². The summed E-state index contributed by atoms with van der Waals surface area (Å²) in [6.45, 7) is 2.51. The molecule has 0 radical (unpaired) electrons. The summed E-state index contributed by atoms with van der Waals surface area (Å²) in [5, 5.41) is 6.58. The second kappa shape index (κ2) is 7.62. The third kappa shape index (κ3) is 3.90. The van der Waals surface area contributed by atoms with E-state index in [1.54, 1.807) is 36.2 Å². The molecule has 25 heavy (non-hydrogen) atoms. The standard InChI is InChI=1S/C18H24ClN3O3/c1-20-16(23)13-6-11-22(12-13)17(24)18(7-9-21-10-8-18)25-15-4-2-14(19)3-5-15/h2-5,13,21H,6-12H2,1H3,(H,20,23)/t13-/m1/s1. The first kappa shape index (κ1) is 18.0. The molecule has 1 aromatic carbocycles. The average molecular weight is 366 g/mol. The zero-order chi connectivity index (χ0) is 17.9. The maximum Gasteiger partial charge on any atom is 0.266 e.